The molecule has 2 aromatic carbocycles. The lowest BCUT2D eigenvalue weighted by molar-refractivity contribution is -0.112. The van der Waals surface area contributed by atoms with E-state index in [1.165, 1.54) is 36.0 Å². The van der Waals surface area contributed by atoms with Crippen molar-refractivity contribution in [2.24, 2.45) is 0 Å². The number of alkyl halides is 3. The van der Waals surface area contributed by atoms with Crippen LogP contribution in [-0.4, -0.2) is 73.4 Å². The molecule has 11 nitrogen and oxygen atoms in total. The third-order valence-corrected chi connectivity index (χ3v) is 7.72. The van der Waals surface area contributed by atoms with Crippen LogP contribution in [-0.2, 0) is 11.3 Å². The van der Waals surface area contributed by atoms with Crippen molar-refractivity contribution in [1.29, 1.82) is 0 Å². The molecule has 258 valence electrons. The molecule has 0 atom stereocenters. The van der Waals surface area contributed by atoms with E-state index < -0.39 is 29.3 Å². The monoisotopic (exact) mass is 677 g/mol. The fourth-order valence-corrected chi connectivity index (χ4v) is 4.95. The molecule has 0 radical (unpaired) electrons. The average molecular weight is 678 g/mol. The lowest BCUT2D eigenvalue weighted by Crippen LogP contribution is -2.46. The molecule has 1 aliphatic rings. The lowest BCUT2D eigenvalue weighted by atomic mass is 10.1. The Morgan fingerprint density at radius 2 is 1.84 bits per heavy atom. The number of hydrogen-bond acceptors (Lipinski definition) is 8. The minimum atomic E-state index is -4.69. The maximum Gasteiger partial charge on any atom is 0.416 e. The van der Waals surface area contributed by atoms with Crippen molar-refractivity contribution in [3.8, 4) is 23.8 Å². The van der Waals surface area contributed by atoms with Crippen LogP contribution < -0.4 is 29.9 Å². The van der Waals surface area contributed by atoms with Gasteiger partial charge in [0, 0.05) is 48.9 Å². The van der Waals surface area contributed by atoms with E-state index in [2.05, 4.69) is 39.3 Å². The molecule has 0 fully saturated rings. The second-order valence-corrected chi connectivity index (χ2v) is 10.8. The van der Waals surface area contributed by atoms with Gasteiger partial charge in [-0.2, -0.15) is 18.2 Å². The zero-order chi connectivity index (χ0) is 35.7. The minimum absolute atomic E-state index is 0.0879. The summed E-state index contributed by atoms with van der Waals surface area (Å²) < 4.78 is 51.0. The summed E-state index contributed by atoms with van der Waals surface area (Å²) in [5, 5.41) is 5.66. The summed E-state index contributed by atoms with van der Waals surface area (Å²) in [6, 6.07) is 11.5. The van der Waals surface area contributed by atoms with E-state index in [1.54, 1.807) is 19.3 Å². The van der Waals surface area contributed by atoms with Crippen LogP contribution in [0.5, 0.6) is 11.5 Å². The molecule has 14 heteroatoms. The summed E-state index contributed by atoms with van der Waals surface area (Å²) >= 11 is 0. The number of amides is 3. The standard InChI is InChI=1S/C35H38F3N7O4/c1-7-23(17-25(8-2)35(36,37)38)32(46)40-27-18-28(20-30(19-27)48-6)45-22-24-21-39-33(42-31(24)43(5)34(45)47)41-26-11-13-29(14-12-26)49-16-15-44(9-3)10-4/h1,8,11-14,17-21H,9-10,15-16,22H2,2-6H3,(H,40,46)(H,39,41,42)/b23-17+,25-8+. The van der Waals surface area contributed by atoms with Crippen molar-refractivity contribution in [2.45, 2.75) is 33.5 Å². The van der Waals surface area contributed by atoms with Gasteiger partial charge in [-0.3, -0.25) is 14.6 Å². The number of nitrogens with one attached hydrogen (secondary N) is 2. The third-order valence-electron chi connectivity index (χ3n) is 7.72. The van der Waals surface area contributed by atoms with Crippen LogP contribution in [0.4, 0.5) is 46.8 Å². The van der Waals surface area contributed by atoms with Crippen LogP contribution in [0.2, 0.25) is 0 Å². The fraction of sp³-hybridized carbons (Fsp3) is 0.314. The highest BCUT2D eigenvalue weighted by Crippen LogP contribution is 2.34. The number of carbonyl (C=O) groups is 2. The quantitative estimate of drug-likeness (QED) is 0.119. The topological polar surface area (TPSA) is 112 Å². The van der Waals surface area contributed by atoms with Gasteiger partial charge in [0.2, 0.25) is 5.95 Å². The van der Waals surface area contributed by atoms with Gasteiger partial charge < -0.3 is 25.0 Å². The number of likely N-dealkylation sites (N-methyl/N-ethyl adjacent to an activating group) is 1. The predicted molar refractivity (Wildman–Crippen MR) is 183 cm³/mol. The molecular weight excluding hydrogens is 639 g/mol. The number of allylic oxidation sites excluding steroid dienone is 3. The van der Waals surface area contributed by atoms with Gasteiger partial charge in [0.05, 0.1) is 30.5 Å². The van der Waals surface area contributed by atoms with Crippen LogP contribution in [0.15, 0.2) is 72.0 Å². The normalized spacial score (nSPS) is 13.6. The summed E-state index contributed by atoms with van der Waals surface area (Å²) in [6.45, 7) is 8.86. The Morgan fingerprint density at radius 1 is 1.12 bits per heavy atom. The Kier molecular flexibility index (Phi) is 11.9. The molecular formula is C35H38F3N7O4. The summed E-state index contributed by atoms with van der Waals surface area (Å²) in [7, 11) is 2.97. The first-order valence-electron chi connectivity index (χ1n) is 15.5. The molecule has 0 saturated heterocycles. The number of fused-ring (bicyclic) bond motifs is 1. The molecule has 2 N–H and O–H groups in total. The molecule has 3 amide bonds. The number of urea groups is 1. The van der Waals surface area contributed by atoms with Crippen LogP contribution >= 0.6 is 0 Å². The molecule has 3 aromatic rings. The molecule has 0 bridgehead atoms. The molecule has 2 heterocycles. The van der Waals surface area contributed by atoms with E-state index in [0.29, 0.717) is 29.8 Å². The number of benzene rings is 2. The van der Waals surface area contributed by atoms with Crippen LogP contribution in [0.3, 0.4) is 0 Å². The summed E-state index contributed by atoms with van der Waals surface area (Å²) in [6.07, 6.45) is 3.70. The maximum absolute atomic E-state index is 13.6. The average Bonchev–Trinajstić information content (AvgIpc) is 3.08. The number of ether oxygens (including phenoxy) is 2. The van der Waals surface area contributed by atoms with Crippen molar-refractivity contribution < 1.29 is 32.2 Å². The SMILES string of the molecule is C#C/C(=C\C(=C/C)C(F)(F)F)C(=O)Nc1cc(OC)cc(N2Cc3cnc(Nc4ccc(OCCN(CC)CC)cc4)nc3N(C)C2=O)c1. The summed E-state index contributed by atoms with van der Waals surface area (Å²) in [5.74, 6) is 2.78. The van der Waals surface area contributed by atoms with E-state index >= 15 is 0 Å². The molecule has 1 aromatic heterocycles. The van der Waals surface area contributed by atoms with E-state index in [1.807, 2.05) is 30.2 Å². The number of carbonyl (C=O) groups excluding carboxylic acids is 2. The van der Waals surface area contributed by atoms with E-state index in [-0.39, 0.29) is 23.9 Å². The Balaban J connectivity index is 1.49. The largest absolute Gasteiger partial charge is 0.497 e. The van der Waals surface area contributed by atoms with Gasteiger partial charge in [0.25, 0.3) is 5.91 Å². The van der Waals surface area contributed by atoms with Crippen molar-refractivity contribution >= 4 is 40.8 Å². The highest BCUT2D eigenvalue weighted by molar-refractivity contribution is 6.08. The maximum atomic E-state index is 13.6. The molecule has 4 rings (SSSR count). The molecule has 0 spiro atoms. The summed E-state index contributed by atoms with van der Waals surface area (Å²) in [5.41, 5.74) is 0.265. The number of hydrogen-bond donors (Lipinski definition) is 2. The van der Waals surface area contributed by atoms with Crippen molar-refractivity contribution in [1.82, 2.24) is 14.9 Å². The number of rotatable bonds is 13. The Labute approximate surface area is 283 Å². The van der Waals surface area contributed by atoms with Gasteiger partial charge in [-0.1, -0.05) is 25.8 Å². The zero-order valence-corrected chi connectivity index (χ0v) is 27.9. The molecule has 0 aliphatic carbocycles. The summed E-state index contributed by atoms with van der Waals surface area (Å²) in [4.78, 5) is 40.5. The van der Waals surface area contributed by atoms with Crippen molar-refractivity contribution in [3.05, 3.63) is 77.5 Å². The van der Waals surface area contributed by atoms with Gasteiger partial charge in [-0.25, -0.2) is 9.78 Å². The van der Waals surface area contributed by atoms with Gasteiger partial charge in [-0.15, -0.1) is 6.42 Å². The fourth-order valence-electron chi connectivity index (χ4n) is 4.95. The number of methoxy groups -OCH3 is 1. The Morgan fingerprint density at radius 3 is 2.45 bits per heavy atom. The Bertz CT molecular complexity index is 1760. The van der Waals surface area contributed by atoms with Gasteiger partial charge in [0.1, 0.15) is 23.9 Å². The highest BCUT2D eigenvalue weighted by Gasteiger charge is 2.33. The lowest BCUT2D eigenvalue weighted by Gasteiger charge is -2.34. The van der Waals surface area contributed by atoms with E-state index in [9.17, 15) is 22.8 Å². The molecule has 0 unspecified atom stereocenters. The number of nitrogens with zero attached hydrogens (tertiary/aromatic N) is 5. The third kappa shape index (κ3) is 9.08. The van der Waals surface area contributed by atoms with E-state index in [4.69, 9.17) is 15.9 Å². The number of aromatic nitrogens is 2. The van der Waals surface area contributed by atoms with Crippen LogP contribution in [0, 0.1) is 12.3 Å². The van der Waals surface area contributed by atoms with Crippen LogP contribution in [0.1, 0.15) is 26.3 Å². The first-order valence-corrected chi connectivity index (χ1v) is 15.5. The van der Waals surface area contributed by atoms with E-state index in [0.717, 1.165) is 37.1 Å². The second kappa shape index (κ2) is 16.0. The highest BCUT2D eigenvalue weighted by atomic mass is 19.4. The molecule has 0 saturated carbocycles. The van der Waals surface area contributed by atoms with Crippen LogP contribution in [0.25, 0.3) is 0 Å². The molecule has 49 heavy (non-hydrogen) atoms. The molecule has 1 aliphatic heterocycles. The zero-order valence-electron chi connectivity index (χ0n) is 27.9. The van der Waals surface area contributed by atoms with Gasteiger partial charge >= 0.3 is 12.2 Å². The number of anilines is 5. The van der Waals surface area contributed by atoms with Crippen molar-refractivity contribution in [3.63, 3.8) is 0 Å². The smallest absolute Gasteiger partial charge is 0.416 e. The van der Waals surface area contributed by atoms with Crippen molar-refractivity contribution in [2.75, 3.05) is 60.8 Å². The Hall–Kier alpha value is -5.55. The first kappa shape index (κ1) is 36.3. The number of halogens is 3. The van der Waals surface area contributed by atoms with Gasteiger partial charge in [0.15, 0.2) is 0 Å². The first-order chi connectivity index (χ1) is 23.4. The predicted octanol–water partition coefficient (Wildman–Crippen LogP) is 6.53. The minimum Gasteiger partial charge on any atom is -0.497 e. The second-order valence-electron chi connectivity index (χ2n) is 10.8. The van der Waals surface area contributed by atoms with Gasteiger partial charge in [-0.05, 0) is 56.4 Å². The number of terminal acetylenes is 1.